The van der Waals surface area contributed by atoms with E-state index < -0.39 is 10.0 Å². The summed E-state index contributed by atoms with van der Waals surface area (Å²) in [5, 5.41) is 11.8. The highest BCUT2D eigenvalue weighted by molar-refractivity contribution is 7.89. The Hall–Kier alpha value is -1.60. The summed E-state index contributed by atoms with van der Waals surface area (Å²) in [6, 6.07) is 6.50. The molecule has 0 saturated heterocycles. The van der Waals surface area contributed by atoms with E-state index in [1.165, 1.54) is 31.4 Å². The van der Waals surface area contributed by atoms with E-state index in [4.69, 9.17) is 5.14 Å². The van der Waals surface area contributed by atoms with E-state index in [0.29, 0.717) is 12.5 Å². The number of nitrogens with zero attached hydrogens (tertiary/aromatic N) is 1. The van der Waals surface area contributed by atoms with Crippen molar-refractivity contribution in [2.45, 2.75) is 57.9 Å². The second-order valence-electron chi connectivity index (χ2n) is 6.18. The number of hydrogen-bond donors (Lipinski definition) is 3. The fourth-order valence-electron chi connectivity index (χ4n) is 2.48. The topological polar surface area (TPSA) is 96.6 Å². The monoisotopic (exact) mass is 368 g/mol. The molecule has 1 rings (SSSR count). The van der Waals surface area contributed by atoms with Crippen LogP contribution in [0.15, 0.2) is 34.2 Å². The zero-order chi connectivity index (χ0) is 18.7. The third-order valence-corrected chi connectivity index (χ3v) is 5.05. The van der Waals surface area contributed by atoms with Crippen LogP contribution in [0.25, 0.3) is 0 Å². The number of primary sulfonamides is 1. The van der Waals surface area contributed by atoms with Crippen LogP contribution >= 0.6 is 0 Å². The van der Waals surface area contributed by atoms with Gasteiger partial charge >= 0.3 is 0 Å². The Morgan fingerprint density at radius 3 is 2.36 bits per heavy atom. The van der Waals surface area contributed by atoms with Gasteiger partial charge in [0.1, 0.15) is 0 Å². The molecule has 142 valence electrons. The summed E-state index contributed by atoms with van der Waals surface area (Å²) >= 11 is 0. The second-order valence-corrected chi connectivity index (χ2v) is 7.74. The number of aliphatic imine (C=N–C) groups is 1. The molecular formula is C18H32N4O2S. The first kappa shape index (κ1) is 21.4. The molecule has 1 unspecified atom stereocenters. The number of nitrogens with one attached hydrogen (secondary N) is 2. The van der Waals surface area contributed by atoms with Gasteiger partial charge in [-0.2, -0.15) is 0 Å². The van der Waals surface area contributed by atoms with E-state index >= 15 is 0 Å². The molecule has 0 aliphatic heterocycles. The van der Waals surface area contributed by atoms with Crippen molar-refractivity contribution in [1.82, 2.24) is 10.6 Å². The van der Waals surface area contributed by atoms with Crippen LogP contribution in [0.1, 0.15) is 52.0 Å². The summed E-state index contributed by atoms with van der Waals surface area (Å²) in [5.74, 6) is 1.44. The zero-order valence-corrected chi connectivity index (χ0v) is 16.4. The van der Waals surface area contributed by atoms with Crippen molar-refractivity contribution in [3.8, 4) is 0 Å². The molecule has 0 bridgehead atoms. The highest BCUT2D eigenvalue weighted by Crippen LogP contribution is 2.11. The van der Waals surface area contributed by atoms with Crippen LogP contribution in [-0.4, -0.2) is 27.5 Å². The third kappa shape index (κ3) is 8.36. The molecule has 0 saturated carbocycles. The lowest BCUT2D eigenvalue weighted by molar-refractivity contribution is 0.443. The largest absolute Gasteiger partial charge is 0.357 e. The molecule has 0 amide bonds. The Morgan fingerprint density at radius 1 is 1.16 bits per heavy atom. The maximum atomic E-state index is 11.3. The molecule has 7 heteroatoms. The van der Waals surface area contributed by atoms with Crippen molar-refractivity contribution in [1.29, 1.82) is 0 Å². The summed E-state index contributed by atoms with van der Waals surface area (Å²) in [4.78, 5) is 4.69. The van der Waals surface area contributed by atoms with Crippen molar-refractivity contribution in [2.75, 3.05) is 13.1 Å². The smallest absolute Gasteiger partial charge is 0.238 e. The number of benzene rings is 1. The van der Waals surface area contributed by atoms with E-state index in [1.54, 1.807) is 12.1 Å². The van der Waals surface area contributed by atoms with Crippen LogP contribution in [0.4, 0.5) is 0 Å². The molecule has 6 nitrogen and oxygen atoms in total. The summed E-state index contributed by atoms with van der Waals surface area (Å²) in [5.41, 5.74) is 0.933. The quantitative estimate of drug-likeness (QED) is 0.437. The van der Waals surface area contributed by atoms with Crippen LogP contribution in [0, 0.1) is 5.92 Å². The molecule has 0 aromatic heterocycles. The summed E-state index contributed by atoms with van der Waals surface area (Å²) in [6.45, 7) is 8.65. The second kappa shape index (κ2) is 11.1. The van der Waals surface area contributed by atoms with Gasteiger partial charge in [0.15, 0.2) is 5.96 Å². The summed E-state index contributed by atoms with van der Waals surface area (Å²) in [6.07, 6.45) is 4.86. The van der Waals surface area contributed by atoms with Crippen molar-refractivity contribution < 1.29 is 8.42 Å². The number of rotatable bonds is 10. The zero-order valence-electron chi connectivity index (χ0n) is 15.6. The van der Waals surface area contributed by atoms with E-state index in [9.17, 15) is 8.42 Å². The fraction of sp³-hybridized carbons (Fsp3) is 0.611. The van der Waals surface area contributed by atoms with Gasteiger partial charge in [-0.25, -0.2) is 18.5 Å². The molecule has 1 aromatic rings. The fourth-order valence-corrected chi connectivity index (χ4v) is 3.00. The molecule has 1 aromatic carbocycles. The average Bonchev–Trinajstić information content (AvgIpc) is 2.59. The minimum absolute atomic E-state index is 0.118. The minimum Gasteiger partial charge on any atom is -0.357 e. The van der Waals surface area contributed by atoms with Gasteiger partial charge in [0, 0.05) is 13.1 Å². The lowest BCUT2D eigenvalue weighted by Crippen LogP contribution is -2.39. The number of hydrogen-bond acceptors (Lipinski definition) is 3. The van der Waals surface area contributed by atoms with Crippen molar-refractivity contribution >= 4 is 16.0 Å². The third-order valence-electron chi connectivity index (χ3n) is 4.12. The standard InChI is InChI=1S/C18H32N4O2S/c1-4-7-8-15(5-2)13-21-18(20-6-3)22-14-16-9-11-17(12-10-16)25(19,23)24/h9-12,15H,4-8,13-14H2,1-3H3,(H2,19,23,24)(H2,20,21,22). The van der Waals surface area contributed by atoms with E-state index in [-0.39, 0.29) is 4.90 Å². The van der Waals surface area contributed by atoms with Gasteiger partial charge in [-0.15, -0.1) is 0 Å². The maximum absolute atomic E-state index is 11.3. The SMILES string of the molecule is CCCCC(CC)CNC(=NCc1ccc(S(N)(=O)=O)cc1)NCC. The number of nitrogens with two attached hydrogens (primary N) is 1. The lowest BCUT2D eigenvalue weighted by atomic mass is 9.99. The molecule has 0 spiro atoms. The Morgan fingerprint density at radius 2 is 1.84 bits per heavy atom. The van der Waals surface area contributed by atoms with Crippen molar-refractivity contribution in [3.63, 3.8) is 0 Å². The molecule has 1 atom stereocenters. The molecule has 0 aliphatic rings. The van der Waals surface area contributed by atoms with Gasteiger partial charge in [0.2, 0.25) is 10.0 Å². The maximum Gasteiger partial charge on any atom is 0.238 e. The Labute approximate surface area is 152 Å². The highest BCUT2D eigenvalue weighted by atomic mass is 32.2. The molecule has 25 heavy (non-hydrogen) atoms. The lowest BCUT2D eigenvalue weighted by Gasteiger charge is -2.18. The number of guanidine groups is 1. The molecular weight excluding hydrogens is 336 g/mol. The summed E-state index contributed by atoms with van der Waals surface area (Å²) in [7, 11) is -3.65. The van der Waals surface area contributed by atoms with Crippen LogP contribution in [-0.2, 0) is 16.6 Å². The molecule has 0 fully saturated rings. The van der Waals surface area contributed by atoms with Crippen LogP contribution < -0.4 is 15.8 Å². The number of unbranched alkanes of at least 4 members (excludes halogenated alkanes) is 1. The first-order valence-electron chi connectivity index (χ1n) is 9.04. The first-order valence-corrected chi connectivity index (χ1v) is 10.6. The van der Waals surface area contributed by atoms with Gasteiger partial charge in [-0.1, -0.05) is 45.2 Å². The molecule has 0 heterocycles. The van der Waals surface area contributed by atoms with Crippen molar-refractivity contribution in [2.24, 2.45) is 16.0 Å². The average molecular weight is 369 g/mol. The normalized spacial score (nSPS) is 13.5. The minimum atomic E-state index is -3.65. The van der Waals surface area contributed by atoms with E-state index in [2.05, 4.69) is 29.5 Å². The van der Waals surface area contributed by atoms with E-state index in [1.807, 2.05) is 6.92 Å². The van der Waals surface area contributed by atoms with Gasteiger partial charge in [-0.3, -0.25) is 0 Å². The van der Waals surface area contributed by atoms with E-state index in [0.717, 1.165) is 31.0 Å². The van der Waals surface area contributed by atoms with Gasteiger partial charge < -0.3 is 10.6 Å². The predicted molar refractivity (Wildman–Crippen MR) is 104 cm³/mol. The highest BCUT2D eigenvalue weighted by Gasteiger charge is 2.08. The Bertz CT molecular complexity index is 627. The van der Waals surface area contributed by atoms with Gasteiger partial charge in [0.05, 0.1) is 11.4 Å². The van der Waals surface area contributed by atoms with Crippen LogP contribution in [0.2, 0.25) is 0 Å². The summed E-state index contributed by atoms with van der Waals surface area (Å²) < 4.78 is 22.6. The first-order chi connectivity index (χ1) is 11.9. The van der Waals surface area contributed by atoms with Gasteiger partial charge in [-0.05, 0) is 37.0 Å². The molecule has 0 radical (unpaired) electrons. The predicted octanol–water partition coefficient (Wildman–Crippen LogP) is 2.61. The number of sulfonamides is 1. The Balaban J connectivity index is 2.65. The van der Waals surface area contributed by atoms with Gasteiger partial charge in [0.25, 0.3) is 0 Å². The van der Waals surface area contributed by atoms with Crippen LogP contribution in [0.5, 0.6) is 0 Å². The molecule has 4 N–H and O–H groups in total. The molecule has 0 aliphatic carbocycles. The van der Waals surface area contributed by atoms with Crippen molar-refractivity contribution in [3.05, 3.63) is 29.8 Å². The van der Waals surface area contributed by atoms with Crippen LogP contribution in [0.3, 0.4) is 0 Å². The Kier molecular flexibility index (Phi) is 9.52.